The third-order valence-electron chi connectivity index (χ3n) is 3.08. The van der Waals surface area contributed by atoms with Crippen LogP contribution in [0.2, 0.25) is 0 Å². The number of benzene rings is 1. The van der Waals surface area contributed by atoms with E-state index in [1.54, 1.807) is 0 Å². The van der Waals surface area contributed by atoms with Crippen LogP contribution in [-0.4, -0.2) is 6.04 Å². The van der Waals surface area contributed by atoms with E-state index < -0.39 is 0 Å². The SMILES string of the molecule is CCC(C)NCc1ccccc1C(C)(C)C. The van der Waals surface area contributed by atoms with Crippen LogP contribution in [0.25, 0.3) is 0 Å². The molecule has 0 aliphatic rings. The lowest BCUT2D eigenvalue weighted by atomic mass is 9.84. The molecule has 1 heteroatoms. The molecular weight excluding hydrogens is 194 g/mol. The summed E-state index contributed by atoms with van der Waals surface area (Å²) in [6, 6.07) is 9.33. The quantitative estimate of drug-likeness (QED) is 0.810. The molecule has 1 unspecified atom stereocenters. The van der Waals surface area contributed by atoms with Crippen molar-refractivity contribution in [1.29, 1.82) is 0 Å². The molecule has 0 saturated heterocycles. The summed E-state index contributed by atoms with van der Waals surface area (Å²) >= 11 is 0. The van der Waals surface area contributed by atoms with Crippen LogP contribution >= 0.6 is 0 Å². The van der Waals surface area contributed by atoms with Crippen LogP contribution in [0.4, 0.5) is 0 Å². The molecule has 0 amide bonds. The van der Waals surface area contributed by atoms with E-state index in [0.29, 0.717) is 6.04 Å². The Morgan fingerprint density at radius 2 is 1.81 bits per heavy atom. The summed E-state index contributed by atoms with van der Waals surface area (Å²) in [7, 11) is 0. The summed E-state index contributed by atoms with van der Waals surface area (Å²) in [6.07, 6.45) is 1.18. The topological polar surface area (TPSA) is 12.0 Å². The van der Waals surface area contributed by atoms with Gasteiger partial charge in [-0.05, 0) is 29.9 Å². The molecule has 16 heavy (non-hydrogen) atoms. The van der Waals surface area contributed by atoms with Crippen LogP contribution in [0.5, 0.6) is 0 Å². The van der Waals surface area contributed by atoms with Gasteiger partial charge in [0.1, 0.15) is 0 Å². The average Bonchev–Trinajstić information content (AvgIpc) is 2.25. The molecular formula is C15H25N. The Balaban J connectivity index is 2.80. The fourth-order valence-corrected chi connectivity index (χ4v) is 1.83. The minimum absolute atomic E-state index is 0.230. The first-order chi connectivity index (χ1) is 7.45. The predicted molar refractivity (Wildman–Crippen MR) is 71.7 cm³/mol. The number of rotatable bonds is 4. The third-order valence-corrected chi connectivity index (χ3v) is 3.08. The maximum Gasteiger partial charge on any atom is 0.0210 e. The summed E-state index contributed by atoms with van der Waals surface area (Å²) in [4.78, 5) is 0. The first-order valence-electron chi connectivity index (χ1n) is 6.27. The van der Waals surface area contributed by atoms with E-state index in [1.165, 1.54) is 17.5 Å². The second-order valence-corrected chi connectivity index (χ2v) is 5.60. The highest BCUT2D eigenvalue weighted by Crippen LogP contribution is 2.25. The second kappa shape index (κ2) is 5.49. The highest BCUT2D eigenvalue weighted by Gasteiger charge is 2.16. The Kier molecular flexibility index (Phi) is 4.55. The molecule has 0 spiro atoms. The Bertz CT molecular complexity index is 322. The molecule has 0 aromatic heterocycles. The van der Waals surface area contributed by atoms with Crippen LogP contribution in [0, 0.1) is 0 Å². The molecule has 1 aromatic rings. The third kappa shape index (κ3) is 3.64. The number of nitrogens with one attached hydrogen (secondary N) is 1. The Morgan fingerprint density at radius 3 is 2.38 bits per heavy atom. The van der Waals surface area contributed by atoms with Crippen LogP contribution in [-0.2, 0) is 12.0 Å². The van der Waals surface area contributed by atoms with E-state index >= 15 is 0 Å². The first-order valence-corrected chi connectivity index (χ1v) is 6.27. The standard InChI is InChI=1S/C15H25N/c1-6-12(2)16-11-13-9-7-8-10-14(13)15(3,4)5/h7-10,12,16H,6,11H2,1-5H3. The van der Waals surface area contributed by atoms with Gasteiger partial charge in [-0.1, -0.05) is 52.0 Å². The van der Waals surface area contributed by atoms with Crippen LogP contribution in [0.15, 0.2) is 24.3 Å². The van der Waals surface area contributed by atoms with Crippen LogP contribution in [0.3, 0.4) is 0 Å². The van der Waals surface area contributed by atoms with Crippen LogP contribution < -0.4 is 5.32 Å². The van der Waals surface area contributed by atoms with E-state index in [4.69, 9.17) is 0 Å². The summed E-state index contributed by atoms with van der Waals surface area (Å²) in [5, 5.41) is 3.56. The van der Waals surface area contributed by atoms with Gasteiger partial charge < -0.3 is 5.32 Å². The van der Waals surface area contributed by atoms with Crippen molar-refractivity contribution in [3.8, 4) is 0 Å². The summed E-state index contributed by atoms with van der Waals surface area (Å²) in [5.74, 6) is 0. The molecule has 0 fully saturated rings. The van der Waals surface area contributed by atoms with E-state index in [2.05, 4.69) is 64.2 Å². The zero-order valence-electron chi connectivity index (χ0n) is 11.3. The van der Waals surface area contributed by atoms with Gasteiger partial charge >= 0.3 is 0 Å². The average molecular weight is 219 g/mol. The normalized spacial score (nSPS) is 13.8. The lowest BCUT2D eigenvalue weighted by molar-refractivity contribution is 0.520. The van der Waals surface area contributed by atoms with Crippen molar-refractivity contribution >= 4 is 0 Å². The summed E-state index contributed by atoms with van der Waals surface area (Å²) < 4.78 is 0. The first kappa shape index (κ1) is 13.2. The highest BCUT2D eigenvalue weighted by molar-refractivity contribution is 5.32. The molecule has 1 nitrogen and oxygen atoms in total. The molecule has 0 heterocycles. The van der Waals surface area contributed by atoms with Gasteiger partial charge in [-0.3, -0.25) is 0 Å². The van der Waals surface area contributed by atoms with Gasteiger partial charge in [-0.15, -0.1) is 0 Å². The van der Waals surface area contributed by atoms with E-state index in [-0.39, 0.29) is 5.41 Å². The highest BCUT2D eigenvalue weighted by atomic mass is 14.9. The molecule has 1 atom stereocenters. The van der Waals surface area contributed by atoms with Crippen LogP contribution in [0.1, 0.15) is 52.2 Å². The zero-order valence-corrected chi connectivity index (χ0v) is 11.3. The van der Waals surface area contributed by atoms with Crippen molar-refractivity contribution in [2.75, 3.05) is 0 Å². The Labute approximate surface area is 100 Å². The molecule has 0 bridgehead atoms. The minimum atomic E-state index is 0.230. The van der Waals surface area contributed by atoms with Crippen molar-refractivity contribution in [3.05, 3.63) is 35.4 Å². The molecule has 1 N–H and O–H groups in total. The van der Waals surface area contributed by atoms with Gasteiger partial charge in [0.05, 0.1) is 0 Å². The van der Waals surface area contributed by atoms with Gasteiger partial charge in [0.15, 0.2) is 0 Å². The van der Waals surface area contributed by atoms with Gasteiger partial charge in [-0.2, -0.15) is 0 Å². The molecule has 0 saturated carbocycles. The fourth-order valence-electron chi connectivity index (χ4n) is 1.83. The van der Waals surface area contributed by atoms with Gasteiger partial charge in [0, 0.05) is 12.6 Å². The van der Waals surface area contributed by atoms with E-state index in [1.807, 2.05) is 0 Å². The maximum atomic E-state index is 3.56. The van der Waals surface area contributed by atoms with Crippen molar-refractivity contribution < 1.29 is 0 Å². The largest absolute Gasteiger partial charge is 0.310 e. The molecule has 90 valence electrons. The number of hydrogen-bond donors (Lipinski definition) is 1. The Morgan fingerprint density at radius 1 is 1.19 bits per heavy atom. The van der Waals surface area contributed by atoms with E-state index in [0.717, 1.165) is 6.54 Å². The smallest absolute Gasteiger partial charge is 0.0210 e. The van der Waals surface area contributed by atoms with Gasteiger partial charge in [0.25, 0.3) is 0 Å². The molecule has 0 radical (unpaired) electrons. The molecule has 1 aromatic carbocycles. The zero-order chi connectivity index (χ0) is 12.2. The summed E-state index contributed by atoms with van der Waals surface area (Å²) in [6.45, 7) is 12.2. The maximum absolute atomic E-state index is 3.56. The molecule has 1 rings (SSSR count). The van der Waals surface area contributed by atoms with Crippen molar-refractivity contribution in [2.24, 2.45) is 0 Å². The van der Waals surface area contributed by atoms with Crippen molar-refractivity contribution in [3.63, 3.8) is 0 Å². The molecule has 0 aliphatic carbocycles. The Hall–Kier alpha value is -0.820. The monoisotopic (exact) mass is 219 g/mol. The van der Waals surface area contributed by atoms with Gasteiger partial charge in [0.2, 0.25) is 0 Å². The molecule has 0 aliphatic heterocycles. The van der Waals surface area contributed by atoms with E-state index in [9.17, 15) is 0 Å². The lowest BCUT2D eigenvalue weighted by Gasteiger charge is -2.23. The second-order valence-electron chi connectivity index (χ2n) is 5.60. The lowest BCUT2D eigenvalue weighted by Crippen LogP contribution is -2.26. The minimum Gasteiger partial charge on any atom is -0.310 e. The number of hydrogen-bond acceptors (Lipinski definition) is 1. The summed E-state index contributed by atoms with van der Waals surface area (Å²) in [5.41, 5.74) is 3.11. The van der Waals surface area contributed by atoms with Crippen molar-refractivity contribution in [1.82, 2.24) is 5.32 Å². The fraction of sp³-hybridized carbons (Fsp3) is 0.600. The predicted octanol–water partition coefficient (Wildman–Crippen LogP) is 3.87. The van der Waals surface area contributed by atoms with Gasteiger partial charge in [-0.25, -0.2) is 0 Å². The van der Waals surface area contributed by atoms with Crippen molar-refractivity contribution in [2.45, 2.75) is 59.0 Å².